The molecule has 1 fully saturated rings. The summed E-state index contributed by atoms with van der Waals surface area (Å²) < 4.78 is 32.2. The average Bonchev–Trinajstić information content (AvgIpc) is 2.78. The van der Waals surface area contributed by atoms with Crippen LogP contribution >= 0.6 is 27.3 Å². The maximum absolute atomic E-state index is 12.8. The number of hydrogen-bond donors (Lipinski definition) is 1. The Bertz CT molecular complexity index is 625. The second-order valence-corrected chi connectivity index (χ2v) is 8.90. The van der Waals surface area contributed by atoms with E-state index in [2.05, 4.69) is 26.0 Å². The summed E-state index contributed by atoms with van der Waals surface area (Å²) in [5, 5.41) is 3.08. The highest BCUT2D eigenvalue weighted by atomic mass is 79.9. The van der Waals surface area contributed by atoms with Crippen LogP contribution in [-0.2, 0) is 14.8 Å². The van der Waals surface area contributed by atoms with Gasteiger partial charge in [0.15, 0.2) is 0 Å². The molecule has 1 aliphatic heterocycles. The number of halogens is 1. The molecule has 1 aromatic heterocycles. The highest BCUT2D eigenvalue weighted by Crippen LogP contribution is 2.34. The van der Waals surface area contributed by atoms with Crippen molar-refractivity contribution >= 4 is 43.3 Å². The van der Waals surface area contributed by atoms with Gasteiger partial charge >= 0.3 is 5.97 Å². The monoisotopic (exact) mass is 396 g/mol. The van der Waals surface area contributed by atoms with E-state index in [-0.39, 0.29) is 15.8 Å². The number of rotatable bonds is 6. The number of ether oxygens (including phenoxy) is 1. The second-order valence-electron chi connectivity index (χ2n) is 4.67. The van der Waals surface area contributed by atoms with Gasteiger partial charge in [-0.05, 0) is 28.4 Å². The summed E-state index contributed by atoms with van der Waals surface area (Å²) in [5.74, 6) is -0.533. The first-order chi connectivity index (χ1) is 9.91. The number of carbonyl (C=O) groups is 1. The van der Waals surface area contributed by atoms with Crippen molar-refractivity contribution in [2.75, 3.05) is 26.7 Å². The molecular formula is C12H17BrN2O4S2. The van der Waals surface area contributed by atoms with E-state index in [4.69, 9.17) is 0 Å². The molecule has 6 nitrogen and oxygen atoms in total. The van der Waals surface area contributed by atoms with Gasteiger partial charge in [0.1, 0.15) is 9.77 Å². The standard InChI is InChI=1S/C12H17BrN2O4S2/c1-3-4-15(8-6-14-7-8)21(17,18)10-5-9(12(16)19-2)20-11(10)13/h5,8,14H,3-4,6-7H2,1-2H3. The minimum atomic E-state index is -3.63. The van der Waals surface area contributed by atoms with Crippen LogP contribution in [-0.4, -0.2) is 51.5 Å². The molecule has 9 heteroatoms. The highest BCUT2D eigenvalue weighted by Gasteiger charge is 2.36. The quantitative estimate of drug-likeness (QED) is 0.740. The Morgan fingerprint density at radius 2 is 2.24 bits per heavy atom. The van der Waals surface area contributed by atoms with Gasteiger partial charge in [0, 0.05) is 19.6 Å². The van der Waals surface area contributed by atoms with Crippen LogP contribution in [0.2, 0.25) is 0 Å². The van der Waals surface area contributed by atoms with Crippen molar-refractivity contribution in [3.05, 3.63) is 14.7 Å². The van der Waals surface area contributed by atoms with Gasteiger partial charge < -0.3 is 10.1 Å². The number of nitrogens with zero attached hydrogens (tertiary/aromatic N) is 1. The predicted octanol–water partition coefficient (Wildman–Crippen LogP) is 1.67. The minimum absolute atomic E-state index is 0.0247. The number of esters is 1. The topological polar surface area (TPSA) is 75.7 Å². The molecule has 21 heavy (non-hydrogen) atoms. The summed E-state index contributed by atoms with van der Waals surface area (Å²) in [4.78, 5) is 12.0. The zero-order valence-electron chi connectivity index (χ0n) is 11.8. The molecule has 0 aromatic carbocycles. The highest BCUT2D eigenvalue weighted by molar-refractivity contribution is 9.11. The van der Waals surface area contributed by atoms with Crippen LogP contribution in [0, 0.1) is 0 Å². The number of thiophene rings is 1. The summed E-state index contributed by atoms with van der Waals surface area (Å²) in [7, 11) is -2.35. The predicted molar refractivity (Wildman–Crippen MR) is 84.2 cm³/mol. The average molecular weight is 397 g/mol. The third kappa shape index (κ3) is 3.31. The molecule has 1 aromatic rings. The first kappa shape index (κ1) is 16.9. The zero-order valence-corrected chi connectivity index (χ0v) is 15.0. The van der Waals surface area contributed by atoms with E-state index in [1.807, 2.05) is 6.92 Å². The SMILES string of the molecule is CCCN(C1CNC1)S(=O)(=O)c1cc(C(=O)OC)sc1Br. The van der Waals surface area contributed by atoms with Crippen LogP contribution < -0.4 is 5.32 Å². The number of nitrogens with one attached hydrogen (secondary N) is 1. The normalized spacial score (nSPS) is 16.0. The van der Waals surface area contributed by atoms with Crippen LogP contribution in [0.1, 0.15) is 23.0 Å². The molecule has 0 bridgehead atoms. The van der Waals surface area contributed by atoms with Crippen LogP contribution in [0.4, 0.5) is 0 Å². The lowest BCUT2D eigenvalue weighted by Crippen LogP contribution is -2.58. The Balaban J connectivity index is 2.37. The fraction of sp³-hybridized carbons (Fsp3) is 0.583. The third-order valence-electron chi connectivity index (χ3n) is 3.24. The number of carbonyl (C=O) groups excluding carboxylic acids is 1. The third-order valence-corrected chi connectivity index (χ3v) is 7.42. The molecule has 1 N–H and O–H groups in total. The number of sulfonamides is 1. The molecule has 0 radical (unpaired) electrons. The number of methoxy groups -OCH3 is 1. The summed E-state index contributed by atoms with van der Waals surface area (Å²) in [6.07, 6.45) is 0.737. The molecule has 0 amide bonds. The van der Waals surface area contributed by atoms with Crippen molar-refractivity contribution in [3.8, 4) is 0 Å². The molecule has 1 aliphatic rings. The van der Waals surface area contributed by atoms with Gasteiger partial charge in [-0.3, -0.25) is 0 Å². The lowest BCUT2D eigenvalue weighted by molar-refractivity contribution is 0.0606. The van der Waals surface area contributed by atoms with Crippen molar-refractivity contribution in [2.45, 2.75) is 24.3 Å². The largest absolute Gasteiger partial charge is 0.465 e. The Hall–Kier alpha value is -0.480. The molecule has 0 saturated carbocycles. The maximum Gasteiger partial charge on any atom is 0.348 e. The first-order valence-electron chi connectivity index (χ1n) is 6.52. The summed E-state index contributed by atoms with van der Waals surface area (Å²) in [6, 6.07) is 1.35. The lowest BCUT2D eigenvalue weighted by atomic mass is 10.2. The second kappa shape index (κ2) is 6.74. The Morgan fingerprint density at radius 1 is 1.57 bits per heavy atom. The molecule has 0 spiro atoms. The van der Waals surface area contributed by atoms with Gasteiger partial charge in [0.2, 0.25) is 10.0 Å². The summed E-state index contributed by atoms with van der Waals surface area (Å²) in [6.45, 7) is 3.72. The van der Waals surface area contributed by atoms with Crippen molar-refractivity contribution < 1.29 is 17.9 Å². The van der Waals surface area contributed by atoms with Crippen molar-refractivity contribution in [3.63, 3.8) is 0 Å². The van der Waals surface area contributed by atoms with Gasteiger partial charge in [0.05, 0.1) is 16.9 Å². The molecule has 2 heterocycles. The molecule has 1 saturated heterocycles. The number of hydrogen-bond acceptors (Lipinski definition) is 6. The van der Waals surface area contributed by atoms with Crippen molar-refractivity contribution in [1.29, 1.82) is 0 Å². The summed E-state index contributed by atoms with van der Waals surface area (Å²) >= 11 is 4.32. The van der Waals surface area contributed by atoms with Gasteiger partial charge in [-0.2, -0.15) is 4.31 Å². The summed E-state index contributed by atoms with van der Waals surface area (Å²) in [5.41, 5.74) is 0. The molecular weight excluding hydrogens is 380 g/mol. The fourth-order valence-corrected chi connectivity index (χ4v) is 6.20. The first-order valence-corrected chi connectivity index (χ1v) is 9.57. The lowest BCUT2D eigenvalue weighted by Gasteiger charge is -2.37. The van der Waals surface area contributed by atoms with E-state index in [0.717, 1.165) is 17.8 Å². The molecule has 0 unspecified atom stereocenters. The van der Waals surface area contributed by atoms with Crippen molar-refractivity contribution in [2.24, 2.45) is 0 Å². The van der Waals surface area contributed by atoms with E-state index < -0.39 is 16.0 Å². The van der Waals surface area contributed by atoms with E-state index in [9.17, 15) is 13.2 Å². The van der Waals surface area contributed by atoms with Crippen LogP contribution in [0.5, 0.6) is 0 Å². The molecule has 0 atom stereocenters. The fourth-order valence-electron chi connectivity index (χ4n) is 2.05. The Labute approximate surface area is 136 Å². The maximum atomic E-state index is 12.8. The van der Waals surface area contributed by atoms with E-state index in [0.29, 0.717) is 23.4 Å². The smallest absolute Gasteiger partial charge is 0.348 e. The Kier molecular flexibility index (Phi) is 5.42. The van der Waals surface area contributed by atoms with E-state index in [1.165, 1.54) is 17.5 Å². The molecule has 2 rings (SSSR count). The van der Waals surface area contributed by atoms with Gasteiger partial charge in [-0.25, -0.2) is 13.2 Å². The zero-order chi connectivity index (χ0) is 15.6. The van der Waals surface area contributed by atoms with Gasteiger partial charge in [0.25, 0.3) is 0 Å². The Morgan fingerprint density at radius 3 is 2.71 bits per heavy atom. The van der Waals surface area contributed by atoms with E-state index >= 15 is 0 Å². The minimum Gasteiger partial charge on any atom is -0.465 e. The molecule has 0 aliphatic carbocycles. The van der Waals surface area contributed by atoms with Gasteiger partial charge in [-0.15, -0.1) is 11.3 Å². The van der Waals surface area contributed by atoms with Crippen LogP contribution in [0.25, 0.3) is 0 Å². The van der Waals surface area contributed by atoms with E-state index in [1.54, 1.807) is 0 Å². The van der Waals surface area contributed by atoms with Crippen molar-refractivity contribution in [1.82, 2.24) is 9.62 Å². The van der Waals surface area contributed by atoms with Crippen LogP contribution in [0.3, 0.4) is 0 Å². The molecule has 118 valence electrons. The van der Waals surface area contributed by atoms with Crippen LogP contribution in [0.15, 0.2) is 14.7 Å². The van der Waals surface area contributed by atoms with Gasteiger partial charge in [-0.1, -0.05) is 6.92 Å².